The van der Waals surface area contributed by atoms with E-state index < -0.39 is 0 Å². The van der Waals surface area contributed by atoms with Crippen molar-refractivity contribution in [2.75, 3.05) is 40.3 Å². The maximum atomic E-state index is 4.01. The fourth-order valence-electron chi connectivity index (χ4n) is 5.87. The van der Waals surface area contributed by atoms with Crippen LogP contribution in [0.25, 0.3) is 0 Å². The van der Waals surface area contributed by atoms with Gasteiger partial charge < -0.3 is 8.97 Å². The van der Waals surface area contributed by atoms with Gasteiger partial charge in [0.25, 0.3) is 0 Å². The van der Waals surface area contributed by atoms with Gasteiger partial charge in [0.1, 0.15) is 0 Å². The average molecular weight is 365 g/mol. The van der Waals surface area contributed by atoms with Crippen LogP contribution in [-0.2, 0) is 0 Å². The molecule has 0 spiro atoms. The van der Waals surface area contributed by atoms with Crippen LogP contribution in [0.5, 0.6) is 0 Å². The monoisotopic (exact) mass is 364 g/mol. The lowest BCUT2D eigenvalue weighted by atomic mass is 9.94. The standard InChI is InChI=1S/C24H48N2/c1-5-7-16-24-18-10-14-22-26(24,4)20-12-8-11-19-25(3)21-13-9-17-23(25)15-6-2/h6,23-24H,2,5,7-22H2,1,3-4H3/q+2. The third-order valence-electron chi connectivity index (χ3n) is 7.84. The van der Waals surface area contributed by atoms with Gasteiger partial charge >= 0.3 is 0 Å². The van der Waals surface area contributed by atoms with E-state index in [-0.39, 0.29) is 0 Å². The number of rotatable bonds is 11. The zero-order valence-corrected chi connectivity index (χ0v) is 18.4. The topological polar surface area (TPSA) is 0 Å². The highest BCUT2D eigenvalue weighted by atomic mass is 15.4. The molecule has 2 heteroatoms. The lowest BCUT2D eigenvalue weighted by molar-refractivity contribution is -0.940. The molecule has 2 saturated heterocycles. The quantitative estimate of drug-likeness (QED) is 0.242. The van der Waals surface area contributed by atoms with Crippen molar-refractivity contribution in [2.45, 2.75) is 102 Å². The largest absolute Gasteiger partial charge is 0.324 e. The van der Waals surface area contributed by atoms with Gasteiger partial charge in [0.2, 0.25) is 0 Å². The molecule has 0 aromatic heterocycles. The number of unbranched alkanes of at least 4 members (excludes halogenated alkanes) is 3. The summed E-state index contributed by atoms with van der Waals surface area (Å²) < 4.78 is 2.70. The molecule has 2 fully saturated rings. The Morgan fingerprint density at radius 1 is 0.808 bits per heavy atom. The predicted molar refractivity (Wildman–Crippen MR) is 115 cm³/mol. The van der Waals surface area contributed by atoms with Gasteiger partial charge in [0.15, 0.2) is 0 Å². The van der Waals surface area contributed by atoms with Crippen LogP contribution in [0.15, 0.2) is 12.7 Å². The fraction of sp³-hybridized carbons (Fsp3) is 0.917. The Morgan fingerprint density at radius 2 is 1.38 bits per heavy atom. The minimum atomic E-state index is 0.839. The van der Waals surface area contributed by atoms with Crippen LogP contribution < -0.4 is 0 Å². The number of likely N-dealkylation sites (tertiary alicyclic amines) is 2. The van der Waals surface area contributed by atoms with E-state index in [0.29, 0.717) is 0 Å². The summed E-state index contributed by atoms with van der Waals surface area (Å²) >= 11 is 0. The van der Waals surface area contributed by atoms with Gasteiger partial charge in [-0.05, 0) is 70.6 Å². The molecule has 0 bridgehead atoms. The van der Waals surface area contributed by atoms with E-state index in [1.54, 1.807) is 0 Å². The summed E-state index contributed by atoms with van der Waals surface area (Å²) in [6, 6.07) is 1.79. The Hall–Kier alpha value is -0.340. The second-order valence-corrected chi connectivity index (χ2v) is 9.88. The molecule has 0 saturated carbocycles. The molecule has 0 radical (unpaired) electrons. The summed E-state index contributed by atoms with van der Waals surface area (Å²) in [4.78, 5) is 0. The van der Waals surface area contributed by atoms with Gasteiger partial charge in [-0.15, -0.1) is 6.58 Å². The van der Waals surface area contributed by atoms with Crippen molar-refractivity contribution in [1.29, 1.82) is 0 Å². The summed E-state index contributed by atoms with van der Waals surface area (Å²) in [5.41, 5.74) is 0. The second-order valence-electron chi connectivity index (χ2n) is 9.88. The van der Waals surface area contributed by atoms with Gasteiger partial charge in [0.05, 0.1) is 52.4 Å². The first-order valence-electron chi connectivity index (χ1n) is 11.8. The van der Waals surface area contributed by atoms with E-state index in [4.69, 9.17) is 0 Å². The summed E-state index contributed by atoms with van der Waals surface area (Å²) in [5.74, 6) is 0. The molecule has 4 unspecified atom stereocenters. The summed E-state index contributed by atoms with van der Waals surface area (Å²) in [6.07, 6.45) is 20.6. The molecule has 0 N–H and O–H groups in total. The summed E-state index contributed by atoms with van der Waals surface area (Å²) in [5, 5.41) is 0. The Balaban J connectivity index is 1.73. The van der Waals surface area contributed by atoms with Gasteiger partial charge in [0, 0.05) is 6.42 Å². The predicted octanol–water partition coefficient (Wildman–Crippen LogP) is 5.92. The van der Waals surface area contributed by atoms with Crippen LogP contribution in [0.2, 0.25) is 0 Å². The number of hydrogen-bond acceptors (Lipinski definition) is 0. The first-order valence-corrected chi connectivity index (χ1v) is 11.8. The first-order chi connectivity index (χ1) is 12.5. The van der Waals surface area contributed by atoms with Crippen molar-refractivity contribution in [3.63, 3.8) is 0 Å². The van der Waals surface area contributed by atoms with Crippen molar-refractivity contribution in [3.05, 3.63) is 12.7 Å². The molecular weight excluding hydrogens is 316 g/mol. The molecular formula is C24H48N2+2. The first kappa shape index (κ1) is 22.0. The summed E-state index contributed by atoms with van der Waals surface area (Å²) in [7, 11) is 5.09. The van der Waals surface area contributed by atoms with Crippen molar-refractivity contribution >= 4 is 0 Å². The Morgan fingerprint density at radius 3 is 1.96 bits per heavy atom. The average Bonchev–Trinajstić information content (AvgIpc) is 2.63. The highest BCUT2D eigenvalue weighted by molar-refractivity contribution is 4.76. The number of nitrogens with zero attached hydrogens (tertiary/aromatic N) is 2. The lowest BCUT2D eigenvalue weighted by Crippen LogP contribution is -2.56. The highest BCUT2D eigenvalue weighted by Crippen LogP contribution is 2.29. The van der Waals surface area contributed by atoms with E-state index in [1.165, 1.54) is 119 Å². The molecule has 0 aliphatic carbocycles. The van der Waals surface area contributed by atoms with Crippen molar-refractivity contribution in [2.24, 2.45) is 0 Å². The number of hydrogen-bond donors (Lipinski definition) is 0. The van der Waals surface area contributed by atoms with Crippen LogP contribution in [0.4, 0.5) is 0 Å². The molecule has 2 rings (SSSR count). The van der Waals surface area contributed by atoms with E-state index in [9.17, 15) is 0 Å². The zero-order valence-electron chi connectivity index (χ0n) is 18.4. The third-order valence-corrected chi connectivity index (χ3v) is 7.84. The second kappa shape index (κ2) is 10.9. The van der Waals surface area contributed by atoms with Crippen LogP contribution in [-0.4, -0.2) is 61.3 Å². The van der Waals surface area contributed by atoms with E-state index in [0.717, 1.165) is 12.1 Å². The molecule has 2 nitrogen and oxygen atoms in total. The SMILES string of the molecule is C=CCC1CCCC[N+]1(C)CCCCC[N+]1(C)CCCCC1CCCC. The summed E-state index contributed by atoms with van der Waals surface area (Å²) in [6.45, 7) is 12.0. The van der Waals surface area contributed by atoms with Crippen molar-refractivity contribution in [3.8, 4) is 0 Å². The maximum absolute atomic E-state index is 4.01. The van der Waals surface area contributed by atoms with Crippen LogP contribution >= 0.6 is 0 Å². The molecule has 4 atom stereocenters. The third kappa shape index (κ3) is 6.09. The van der Waals surface area contributed by atoms with Crippen LogP contribution in [0.3, 0.4) is 0 Å². The fourth-order valence-corrected chi connectivity index (χ4v) is 5.87. The Bertz CT molecular complexity index is 407. The van der Waals surface area contributed by atoms with Gasteiger partial charge in [-0.1, -0.05) is 19.4 Å². The van der Waals surface area contributed by atoms with E-state index >= 15 is 0 Å². The normalized spacial score (nSPS) is 35.3. The zero-order chi connectivity index (χ0) is 18.9. The Kier molecular flexibility index (Phi) is 9.17. The van der Waals surface area contributed by atoms with E-state index in [1.807, 2.05) is 0 Å². The van der Waals surface area contributed by atoms with Gasteiger partial charge in [-0.25, -0.2) is 0 Å². The van der Waals surface area contributed by atoms with Crippen LogP contribution in [0, 0.1) is 0 Å². The minimum Gasteiger partial charge on any atom is -0.324 e. The molecule has 2 aliphatic rings. The minimum absolute atomic E-state index is 0.839. The maximum Gasteiger partial charge on any atom is 0.0923 e. The Labute approximate surface area is 164 Å². The molecule has 0 aromatic carbocycles. The molecule has 26 heavy (non-hydrogen) atoms. The van der Waals surface area contributed by atoms with Crippen molar-refractivity contribution < 1.29 is 8.97 Å². The molecule has 2 aliphatic heterocycles. The van der Waals surface area contributed by atoms with E-state index in [2.05, 4.69) is 33.7 Å². The molecule has 2 heterocycles. The number of quaternary nitrogens is 2. The van der Waals surface area contributed by atoms with Crippen molar-refractivity contribution in [1.82, 2.24) is 0 Å². The molecule has 0 amide bonds. The number of piperidine rings is 2. The van der Waals surface area contributed by atoms with Gasteiger partial charge in [-0.2, -0.15) is 0 Å². The lowest BCUT2D eigenvalue weighted by Gasteiger charge is -2.46. The van der Waals surface area contributed by atoms with Gasteiger partial charge in [-0.3, -0.25) is 0 Å². The molecule has 0 aromatic rings. The smallest absolute Gasteiger partial charge is 0.0923 e. The molecule has 152 valence electrons. The highest BCUT2D eigenvalue weighted by Gasteiger charge is 2.35. The van der Waals surface area contributed by atoms with Crippen LogP contribution in [0.1, 0.15) is 90.4 Å².